The van der Waals surface area contributed by atoms with Crippen molar-refractivity contribution < 1.29 is 4.79 Å². The van der Waals surface area contributed by atoms with Crippen molar-refractivity contribution in [2.24, 2.45) is 0 Å². The molecule has 2 aromatic carbocycles. The number of aryl methyl sites for hydroxylation is 2. The van der Waals surface area contributed by atoms with Crippen LogP contribution in [0.2, 0.25) is 0 Å². The highest BCUT2D eigenvalue weighted by molar-refractivity contribution is 5.85. The number of nitrogens with zero attached hydrogens (tertiary/aromatic N) is 6. The van der Waals surface area contributed by atoms with E-state index >= 15 is 0 Å². The molecule has 7 nitrogen and oxygen atoms in total. The first-order valence-electron chi connectivity index (χ1n) is 9.55. The molecular weight excluding hydrogens is 364 g/mol. The monoisotopic (exact) mass is 388 g/mol. The van der Waals surface area contributed by atoms with E-state index in [0.29, 0.717) is 18.7 Å². The molecule has 0 aliphatic carbocycles. The van der Waals surface area contributed by atoms with Crippen LogP contribution in [0.1, 0.15) is 22.3 Å². The Labute approximate surface area is 169 Å². The Morgan fingerprint density at radius 1 is 1.00 bits per heavy atom. The topological polar surface area (TPSA) is 66.6 Å². The summed E-state index contributed by atoms with van der Waals surface area (Å²) in [6.07, 6.45) is 0. The van der Waals surface area contributed by atoms with Crippen LogP contribution in [0.3, 0.4) is 0 Å². The van der Waals surface area contributed by atoms with Crippen LogP contribution in [-0.4, -0.2) is 50.0 Å². The Morgan fingerprint density at radius 2 is 1.72 bits per heavy atom. The number of pyridine rings is 1. The Bertz CT molecular complexity index is 1180. The fraction of sp³-hybridized carbons (Fsp3) is 0.273. The van der Waals surface area contributed by atoms with Crippen LogP contribution in [0.4, 0.5) is 4.79 Å². The first-order valence-corrected chi connectivity index (χ1v) is 9.55. The number of aromatic nitrogens is 4. The van der Waals surface area contributed by atoms with Gasteiger partial charge in [0.1, 0.15) is 0 Å². The van der Waals surface area contributed by atoms with Crippen molar-refractivity contribution in [1.82, 2.24) is 29.8 Å². The Hall–Kier alpha value is -3.48. The largest absolute Gasteiger partial charge is 0.331 e. The van der Waals surface area contributed by atoms with E-state index in [2.05, 4.69) is 47.6 Å². The lowest BCUT2D eigenvalue weighted by molar-refractivity contribution is 0.165. The summed E-state index contributed by atoms with van der Waals surface area (Å²) in [5.41, 5.74) is 6.02. The van der Waals surface area contributed by atoms with Gasteiger partial charge in [0.25, 0.3) is 0 Å². The predicted octanol–water partition coefficient (Wildman–Crippen LogP) is 3.58. The van der Waals surface area contributed by atoms with Crippen LogP contribution < -0.4 is 0 Å². The molecule has 0 fully saturated rings. The van der Waals surface area contributed by atoms with Crippen molar-refractivity contribution in [1.29, 1.82) is 0 Å². The SMILES string of the molecule is Cc1cc2cc(CN(Cc3ccccc3)C(=O)N(C)C)c3nnnn3c2cc1C. The smallest absolute Gasteiger partial charge is 0.320 e. The molecule has 0 spiro atoms. The summed E-state index contributed by atoms with van der Waals surface area (Å²) >= 11 is 0. The second kappa shape index (κ2) is 7.50. The van der Waals surface area contributed by atoms with Gasteiger partial charge in [0.2, 0.25) is 0 Å². The van der Waals surface area contributed by atoms with Crippen LogP contribution >= 0.6 is 0 Å². The summed E-state index contributed by atoms with van der Waals surface area (Å²) in [4.78, 5) is 16.3. The summed E-state index contributed by atoms with van der Waals surface area (Å²) < 4.78 is 1.76. The Morgan fingerprint density at radius 3 is 2.45 bits per heavy atom. The van der Waals surface area contributed by atoms with Gasteiger partial charge in [0.15, 0.2) is 5.65 Å². The molecule has 2 aromatic heterocycles. The normalized spacial score (nSPS) is 11.2. The molecule has 2 amide bonds. The number of fused-ring (bicyclic) bond motifs is 3. The average Bonchev–Trinajstić information content (AvgIpc) is 3.19. The van der Waals surface area contributed by atoms with Crippen LogP contribution in [0, 0.1) is 13.8 Å². The number of urea groups is 1. The zero-order chi connectivity index (χ0) is 20.5. The minimum absolute atomic E-state index is 0.0559. The van der Waals surface area contributed by atoms with Gasteiger partial charge in [0.05, 0.1) is 12.1 Å². The van der Waals surface area contributed by atoms with E-state index < -0.39 is 0 Å². The van der Waals surface area contributed by atoms with E-state index in [4.69, 9.17) is 0 Å². The van der Waals surface area contributed by atoms with Crippen LogP contribution in [-0.2, 0) is 13.1 Å². The van der Waals surface area contributed by atoms with Crippen molar-refractivity contribution in [3.8, 4) is 0 Å². The van der Waals surface area contributed by atoms with Crippen molar-refractivity contribution in [2.75, 3.05) is 14.1 Å². The highest BCUT2D eigenvalue weighted by atomic mass is 16.2. The predicted molar refractivity (Wildman–Crippen MR) is 113 cm³/mol. The number of rotatable bonds is 4. The number of hydrogen-bond acceptors (Lipinski definition) is 4. The molecule has 4 aromatic rings. The molecule has 4 rings (SSSR count). The third kappa shape index (κ3) is 3.63. The van der Waals surface area contributed by atoms with Crippen molar-refractivity contribution >= 4 is 22.6 Å². The van der Waals surface area contributed by atoms with E-state index in [9.17, 15) is 4.79 Å². The summed E-state index contributed by atoms with van der Waals surface area (Å²) in [6.45, 7) is 5.10. The van der Waals surface area contributed by atoms with Crippen LogP contribution in [0.25, 0.3) is 16.6 Å². The molecule has 0 atom stereocenters. The van der Waals surface area contributed by atoms with E-state index in [1.54, 1.807) is 23.5 Å². The summed E-state index contributed by atoms with van der Waals surface area (Å²) in [5, 5.41) is 13.4. The van der Waals surface area contributed by atoms with Crippen molar-refractivity contribution in [3.63, 3.8) is 0 Å². The van der Waals surface area contributed by atoms with E-state index in [1.807, 2.05) is 35.2 Å². The summed E-state index contributed by atoms with van der Waals surface area (Å²) in [7, 11) is 3.53. The van der Waals surface area contributed by atoms with Gasteiger partial charge < -0.3 is 9.80 Å². The fourth-order valence-electron chi connectivity index (χ4n) is 3.52. The maximum absolute atomic E-state index is 12.9. The van der Waals surface area contributed by atoms with Gasteiger partial charge in [0, 0.05) is 31.6 Å². The van der Waals surface area contributed by atoms with Gasteiger partial charge in [-0.1, -0.05) is 30.3 Å². The highest BCUT2D eigenvalue weighted by Gasteiger charge is 2.20. The number of amides is 2. The molecule has 0 N–H and O–H groups in total. The lowest BCUT2D eigenvalue weighted by atomic mass is 10.0. The van der Waals surface area contributed by atoms with Crippen LogP contribution in [0.5, 0.6) is 0 Å². The second-order valence-corrected chi connectivity index (χ2v) is 7.60. The molecule has 2 heterocycles. The Kier molecular flexibility index (Phi) is 4.88. The first-order chi connectivity index (χ1) is 13.9. The molecule has 148 valence electrons. The Balaban J connectivity index is 1.79. The number of carbonyl (C=O) groups excluding carboxylic acids is 1. The minimum Gasteiger partial charge on any atom is -0.331 e. The minimum atomic E-state index is -0.0559. The number of hydrogen-bond donors (Lipinski definition) is 0. The first kappa shape index (κ1) is 18.9. The van der Waals surface area contributed by atoms with Gasteiger partial charge in [-0.05, 0) is 59.2 Å². The van der Waals surface area contributed by atoms with Gasteiger partial charge in [-0.25, -0.2) is 4.79 Å². The fourth-order valence-corrected chi connectivity index (χ4v) is 3.52. The third-order valence-electron chi connectivity index (χ3n) is 5.19. The molecule has 29 heavy (non-hydrogen) atoms. The molecular formula is C22H24N6O. The summed E-state index contributed by atoms with van der Waals surface area (Å²) in [6, 6.07) is 16.3. The molecule has 0 aliphatic rings. The average molecular weight is 388 g/mol. The summed E-state index contributed by atoms with van der Waals surface area (Å²) in [5.74, 6) is 0. The van der Waals surface area contributed by atoms with Crippen molar-refractivity contribution in [2.45, 2.75) is 26.9 Å². The molecule has 0 saturated carbocycles. The maximum atomic E-state index is 12.9. The zero-order valence-corrected chi connectivity index (χ0v) is 17.1. The van der Waals surface area contributed by atoms with E-state index in [-0.39, 0.29) is 6.03 Å². The molecule has 0 aliphatic heterocycles. The van der Waals surface area contributed by atoms with Gasteiger partial charge >= 0.3 is 6.03 Å². The van der Waals surface area contributed by atoms with Gasteiger partial charge in [-0.2, -0.15) is 4.52 Å². The maximum Gasteiger partial charge on any atom is 0.320 e. The zero-order valence-electron chi connectivity index (χ0n) is 17.1. The molecule has 0 bridgehead atoms. The van der Waals surface area contributed by atoms with E-state index in [0.717, 1.165) is 22.0 Å². The molecule has 0 saturated heterocycles. The highest BCUT2D eigenvalue weighted by Crippen LogP contribution is 2.24. The van der Waals surface area contributed by atoms with E-state index in [1.165, 1.54) is 11.1 Å². The number of benzene rings is 2. The molecule has 0 radical (unpaired) electrons. The lowest BCUT2D eigenvalue weighted by Gasteiger charge is -2.26. The number of carbonyl (C=O) groups is 1. The second-order valence-electron chi connectivity index (χ2n) is 7.60. The number of tetrazole rings is 1. The molecule has 7 heteroatoms. The van der Waals surface area contributed by atoms with Gasteiger partial charge in [-0.15, -0.1) is 5.10 Å². The van der Waals surface area contributed by atoms with Crippen molar-refractivity contribution in [3.05, 3.63) is 70.8 Å². The molecule has 0 unspecified atom stereocenters. The van der Waals surface area contributed by atoms with Crippen LogP contribution in [0.15, 0.2) is 48.5 Å². The third-order valence-corrected chi connectivity index (χ3v) is 5.19. The lowest BCUT2D eigenvalue weighted by Crippen LogP contribution is -2.38. The quantitative estimate of drug-likeness (QED) is 0.536. The van der Waals surface area contributed by atoms with Gasteiger partial charge in [-0.3, -0.25) is 0 Å². The standard InChI is InChI=1S/C22H24N6O/c1-15-10-18-12-19(21-23-24-25-28(21)20(18)11-16(15)2)14-27(22(29)26(3)4)13-17-8-6-5-7-9-17/h5-12H,13-14H2,1-4H3.